The number of hydrogen-bond donors (Lipinski definition) is 0. The summed E-state index contributed by atoms with van der Waals surface area (Å²) in [5.41, 5.74) is 1.67. The van der Waals surface area contributed by atoms with E-state index in [2.05, 4.69) is 38.2 Å². The second-order valence-corrected chi connectivity index (χ2v) is 16.3. The van der Waals surface area contributed by atoms with Crippen molar-refractivity contribution in [2.75, 3.05) is 0 Å². The van der Waals surface area contributed by atoms with E-state index in [1.807, 2.05) is 0 Å². The van der Waals surface area contributed by atoms with Gasteiger partial charge in [0.15, 0.2) is 0 Å². The van der Waals surface area contributed by atoms with E-state index in [0.717, 1.165) is 71.0 Å². The number of fused-ring (bicyclic) bond motifs is 6. The quantitative estimate of drug-likeness (QED) is 0.215. The van der Waals surface area contributed by atoms with Crippen molar-refractivity contribution in [2.45, 2.75) is 85.5 Å². The Morgan fingerprint density at radius 3 is 1.42 bits per heavy atom. The van der Waals surface area contributed by atoms with Gasteiger partial charge in [-0.1, -0.05) is 83.4 Å². The van der Waals surface area contributed by atoms with Crippen LogP contribution in [0.4, 0.5) is 0 Å². The van der Waals surface area contributed by atoms with Crippen molar-refractivity contribution in [1.29, 1.82) is 0 Å². The molecule has 12 atom stereocenters. The molecule has 204 valence electrons. The van der Waals surface area contributed by atoms with Crippen molar-refractivity contribution in [3.8, 4) is 0 Å². The molecule has 3 heteroatoms. The summed E-state index contributed by atoms with van der Waals surface area (Å²) in [5.74, 6) is 10.4. The predicted molar refractivity (Wildman–Crippen MR) is 158 cm³/mol. The fourth-order valence-electron chi connectivity index (χ4n) is 10.1. The van der Waals surface area contributed by atoms with E-state index < -0.39 is 20.8 Å². The summed E-state index contributed by atoms with van der Waals surface area (Å²) in [5, 5.41) is 0. The van der Waals surface area contributed by atoms with E-state index >= 15 is 0 Å². The first-order chi connectivity index (χ1) is 16.0. The molecule has 0 aromatic carbocycles. The summed E-state index contributed by atoms with van der Waals surface area (Å²) in [6.07, 6.45) is 25.5. The first-order valence-electron chi connectivity index (χ1n) is 14.1. The standard InChI is InChI=1S/C30H44.CH4.2CH3.2ClH.Zr/c1-18-16-27-23-10-6-4-8-21(23)12-14-25(27)29(18)20(3)30-19(2)17-28-24-11-7-5-9-22(24)13-15-26(28)30;;;;;;/h12-15,18-19,21-30H,3-11,16-17H2,1-2H3;1H4;2*1H3;2*1H;/q;;2*-1;;;+4/p-2. The molecule has 0 nitrogen and oxygen atoms in total. The van der Waals surface area contributed by atoms with Gasteiger partial charge in [-0.25, -0.2) is 0 Å². The van der Waals surface area contributed by atoms with Gasteiger partial charge in [-0.2, -0.15) is 0 Å². The van der Waals surface area contributed by atoms with Gasteiger partial charge in [0.2, 0.25) is 0 Å². The van der Waals surface area contributed by atoms with E-state index in [9.17, 15) is 0 Å². The van der Waals surface area contributed by atoms with Crippen LogP contribution >= 0.6 is 17.0 Å². The van der Waals surface area contributed by atoms with Crippen molar-refractivity contribution in [3.05, 3.63) is 51.3 Å². The van der Waals surface area contributed by atoms with Gasteiger partial charge in [-0.3, -0.25) is 0 Å². The zero-order chi connectivity index (χ0) is 23.1. The summed E-state index contributed by atoms with van der Waals surface area (Å²) < 4.78 is 0. The van der Waals surface area contributed by atoms with E-state index in [4.69, 9.17) is 23.6 Å². The molecule has 6 aliphatic carbocycles. The van der Waals surface area contributed by atoms with Gasteiger partial charge in [-0.15, -0.1) is 0 Å². The van der Waals surface area contributed by atoms with Crippen LogP contribution in [0.1, 0.15) is 85.5 Å². The first kappa shape index (κ1) is 32.9. The summed E-state index contributed by atoms with van der Waals surface area (Å²) >= 11 is -0.826. The molecule has 0 bridgehead atoms. The topological polar surface area (TPSA) is 0 Å². The van der Waals surface area contributed by atoms with Gasteiger partial charge in [0, 0.05) is 0 Å². The third kappa shape index (κ3) is 6.04. The number of allylic oxidation sites excluding steroid dienone is 5. The van der Waals surface area contributed by atoms with Crippen molar-refractivity contribution in [3.63, 3.8) is 0 Å². The van der Waals surface area contributed by atoms with Crippen molar-refractivity contribution >= 4 is 17.0 Å². The molecule has 0 heterocycles. The average molecular weight is 613 g/mol. The fraction of sp³-hybridized carbons (Fsp3) is 0.758. The zero-order valence-electron chi connectivity index (χ0n) is 22.8. The second kappa shape index (κ2) is 14.4. The Morgan fingerprint density at radius 2 is 1.03 bits per heavy atom. The van der Waals surface area contributed by atoms with Crippen LogP contribution in [-0.4, -0.2) is 0 Å². The maximum absolute atomic E-state index is 4.94. The molecule has 4 fully saturated rings. The molecule has 12 unspecified atom stereocenters. The zero-order valence-corrected chi connectivity index (χ0v) is 26.7. The Balaban J connectivity index is 0.000000727. The number of hydrogen-bond acceptors (Lipinski definition) is 0. The summed E-state index contributed by atoms with van der Waals surface area (Å²) in [6.45, 7) is 10.1. The molecular formula is C33H54Cl2Zr. The Bertz CT molecular complexity index is 699. The van der Waals surface area contributed by atoms with E-state index in [0.29, 0.717) is 0 Å². The van der Waals surface area contributed by atoms with E-state index in [1.54, 1.807) is 5.57 Å². The van der Waals surface area contributed by atoms with Gasteiger partial charge in [0.25, 0.3) is 0 Å². The van der Waals surface area contributed by atoms with Crippen LogP contribution in [0.2, 0.25) is 0 Å². The SMILES string of the molecule is C.C=C(C1C(C)CC2C1C=CC1CCCCC12)C1C(C)CC2C1C=CC1CCCCC12.[CH3-].[CH3-].[Cl][Zr+2][Cl]. The Labute approximate surface area is 244 Å². The van der Waals surface area contributed by atoms with Crippen molar-refractivity contribution in [1.82, 2.24) is 0 Å². The molecular weight excluding hydrogens is 558 g/mol. The maximum atomic E-state index is 4.94. The molecule has 0 spiro atoms. The Hall–Kier alpha value is 0.683. The second-order valence-electron chi connectivity index (χ2n) is 12.6. The molecule has 4 saturated carbocycles. The summed E-state index contributed by atoms with van der Waals surface area (Å²) in [7, 11) is 9.87. The molecule has 6 aliphatic rings. The molecule has 0 aromatic rings. The average Bonchev–Trinajstić information content (AvgIpc) is 3.35. The molecule has 0 aromatic heterocycles. The van der Waals surface area contributed by atoms with Crippen LogP contribution in [0.25, 0.3) is 0 Å². The molecule has 0 aliphatic heterocycles. The molecule has 0 radical (unpaired) electrons. The van der Waals surface area contributed by atoms with Crippen LogP contribution in [0.5, 0.6) is 0 Å². The van der Waals surface area contributed by atoms with Crippen LogP contribution in [0.3, 0.4) is 0 Å². The van der Waals surface area contributed by atoms with Crippen molar-refractivity contribution in [2.24, 2.45) is 71.0 Å². The predicted octanol–water partition coefficient (Wildman–Crippen LogP) is 11.0. The van der Waals surface area contributed by atoms with Gasteiger partial charge in [0.1, 0.15) is 0 Å². The monoisotopic (exact) mass is 610 g/mol. The van der Waals surface area contributed by atoms with Gasteiger partial charge in [0.05, 0.1) is 0 Å². The van der Waals surface area contributed by atoms with Crippen LogP contribution < -0.4 is 0 Å². The molecule has 0 amide bonds. The Morgan fingerprint density at radius 1 is 0.667 bits per heavy atom. The third-order valence-electron chi connectivity index (χ3n) is 11.2. The number of rotatable bonds is 2. The third-order valence-corrected chi connectivity index (χ3v) is 11.2. The minimum absolute atomic E-state index is 0. The minimum atomic E-state index is -0.826. The first-order valence-corrected chi connectivity index (χ1v) is 20.4. The van der Waals surface area contributed by atoms with Gasteiger partial charge < -0.3 is 14.9 Å². The fourth-order valence-corrected chi connectivity index (χ4v) is 10.1. The molecule has 36 heavy (non-hydrogen) atoms. The Kier molecular flexibility index (Phi) is 13.1. The van der Waals surface area contributed by atoms with E-state index in [-0.39, 0.29) is 22.3 Å². The van der Waals surface area contributed by atoms with Gasteiger partial charge in [-0.05, 0) is 110 Å². The summed E-state index contributed by atoms with van der Waals surface area (Å²) in [6, 6.07) is 0. The van der Waals surface area contributed by atoms with Crippen molar-refractivity contribution < 1.29 is 20.8 Å². The van der Waals surface area contributed by atoms with Crippen LogP contribution in [0.15, 0.2) is 36.5 Å². The normalized spacial score (nSPS) is 45.4. The summed E-state index contributed by atoms with van der Waals surface area (Å²) in [4.78, 5) is 0. The molecule has 0 N–H and O–H groups in total. The molecule has 6 rings (SSSR count). The number of halogens is 2. The van der Waals surface area contributed by atoms with Gasteiger partial charge >= 0.3 is 37.9 Å². The van der Waals surface area contributed by atoms with E-state index in [1.165, 1.54) is 64.2 Å². The molecule has 0 saturated heterocycles. The van der Waals surface area contributed by atoms with Crippen LogP contribution in [-0.2, 0) is 20.8 Å². The van der Waals surface area contributed by atoms with Crippen LogP contribution in [0, 0.1) is 85.9 Å².